The maximum atomic E-state index is 12.7. The molecule has 0 radical (unpaired) electrons. The lowest BCUT2D eigenvalue weighted by Gasteiger charge is -2.30. The van der Waals surface area contributed by atoms with Gasteiger partial charge in [-0.2, -0.15) is 4.31 Å². The molecule has 29 heavy (non-hydrogen) atoms. The molecule has 1 saturated heterocycles. The Labute approximate surface area is 185 Å². The maximum Gasteiger partial charge on any atom is 0.252 e. The second-order valence-corrected chi connectivity index (χ2v) is 13.0. The van der Waals surface area contributed by atoms with E-state index in [2.05, 4.69) is 66.3 Å². The molecule has 0 spiro atoms. The number of benzene rings is 1. The quantitative estimate of drug-likeness (QED) is 0.658. The highest BCUT2D eigenvalue weighted by atomic mass is 79.9. The zero-order chi connectivity index (χ0) is 21.2. The molecule has 1 aromatic carbocycles. The number of hydrogen-bond donors (Lipinski definition) is 1. The summed E-state index contributed by atoms with van der Waals surface area (Å²) in [6.07, 6.45) is 1.08. The van der Waals surface area contributed by atoms with Crippen molar-refractivity contribution in [1.29, 1.82) is 0 Å². The van der Waals surface area contributed by atoms with Gasteiger partial charge in [0.1, 0.15) is 4.21 Å². The van der Waals surface area contributed by atoms with Crippen LogP contribution in [0.3, 0.4) is 0 Å². The molecule has 1 aromatic heterocycles. The molecule has 2 aromatic rings. The largest absolute Gasteiger partial charge is 0.352 e. The molecule has 5 nitrogen and oxygen atoms in total. The third-order valence-electron chi connectivity index (χ3n) is 5.25. The summed E-state index contributed by atoms with van der Waals surface area (Å²) in [5.41, 5.74) is 2.43. The van der Waals surface area contributed by atoms with Gasteiger partial charge in [-0.05, 0) is 57.4 Å². The van der Waals surface area contributed by atoms with Gasteiger partial charge in [-0.3, -0.25) is 4.79 Å². The lowest BCUT2D eigenvalue weighted by Crippen LogP contribution is -2.42. The Morgan fingerprint density at radius 3 is 2.28 bits per heavy atom. The first-order valence-electron chi connectivity index (χ1n) is 9.70. The lowest BCUT2D eigenvalue weighted by atomic mass is 9.87. The van der Waals surface area contributed by atoms with E-state index in [1.165, 1.54) is 21.2 Å². The number of sulfonamides is 1. The van der Waals surface area contributed by atoms with Crippen molar-refractivity contribution in [3.63, 3.8) is 0 Å². The zero-order valence-electron chi connectivity index (χ0n) is 16.9. The van der Waals surface area contributed by atoms with Gasteiger partial charge < -0.3 is 5.32 Å². The van der Waals surface area contributed by atoms with E-state index in [1.54, 1.807) is 12.1 Å². The van der Waals surface area contributed by atoms with Gasteiger partial charge in [0.05, 0.1) is 3.79 Å². The molecule has 0 saturated carbocycles. The topological polar surface area (TPSA) is 66.5 Å². The molecule has 1 amide bonds. The Morgan fingerprint density at radius 2 is 1.76 bits per heavy atom. The molecule has 1 aliphatic rings. The summed E-state index contributed by atoms with van der Waals surface area (Å²) >= 11 is 4.52. The summed E-state index contributed by atoms with van der Waals surface area (Å²) in [4.78, 5) is 12.5. The van der Waals surface area contributed by atoms with Crippen LogP contribution >= 0.6 is 27.3 Å². The second kappa shape index (κ2) is 8.88. The predicted octanol–water partition coefficient (Wildman–Crippen LogP) is 4.53. The molecule has 0 atom stereocenters. The highest BCUT2D eigenvalue weighted by Gasteiger charge is 2.32. The fourth-order valence-electron chi connectivity index (χ4n) is 3.38. The summed E-state index contributed by atoms with van der Waals surface area (Å²) in [5.74, 6) is -0.147. The molecule has 3 rings (SSSR count). The fraction of sp³-hybridized carbons (Fsp3) is 0.476. The van der Waals surface area contributed by atoms with E-state index in [4.69, 9.17) is 0 Å². The zero-order valence-corrected chi connectivity index (χ0v) is 20.2. The third-order valence-corrected chi connectivity index (χ3v) is 9.24. The van der Waals surface area contributed by atoms with Gasteiger partial charge in [-0.1, -0.05) is 45.0 Å². The van der Waals surface area contributed by atoms with Gasteiger partial charge in [0.15, 0.2) is 0 Å². The molecule has 0 bridgehead atoms. The minimum Gasteiger partial charge on any atom is -0.352 e. The van der Waals surface area contributed by atoms with Crippen LogP contribution < -0.4 is 5.32 Å². The predicted molar refractivity (Wildman–Crippen MR) is 120 cm³/mol. The second-order valence-electron chi connectivity index (χ2n) is 8.40. The van der Waals surface area contributed by atoms with Gasteiger partial charge in [-0.15, -0.1) is 11.3 Å². The van der Waals surface area contributed by atoms with Crippen molar-refractivity contribution in [3.8, 4) is 0 Å². The van der Waals surface area contributed by atoms with Crippen LogP contribution in [0.5, 0.6) is 0 Å². The Morgan fingerprint density at radius 1 is 1.14 bits per heavy atom. The molecule has 0 unspecified atom stereocenters. The van der Waals surface area contributed by atoms with Crippen LogP contribution in [0.1, 0.15) is 44.7 Å². The van der Waals surface area contributed by atoms with Crippen LogP contribution in [0.2, 0.25) is 0 Å². The molecular weight excluding hydrogens is 472 g/mol. The summed E-state index contributed by atoms with van der Waals surface area (Å²) in [7, 11) is -3.47. The first-order chi connectivity index (χ1) is 13.6. The van der Waals surface area contributed by atoms with E-state index >= 15 is 0 Å². The fourth-order valence-corrected chi connectivity index (χ4v) is 7.01. The number of hydrogen-bond acceptors (Lipinski definition) is 4. The Hall–Kier alpha value is -1.22. The summed E-state index contributed by atoms with van der Waals surface area (Å²) < 4.78 is 28.0. The number of halogens is 1. The molecule has 1 N–H and O–H groups in total. The van der Waals surface area contributed by atoms with Crippen LogP contribution in [-0.2, 0) is 26.8 Å². The van der Waals surface area contributed by atoms with Crippen LogP contribution in [0.25, 0.3) is 0 Å². The smallest absolute Gasteiger partial charge is 0.252 e. The van der Waals surface area contributed by atoms with Gasteiger partial charge >= 0.3 is 0 Å². The van der Waals surface area contributed by atoms with E-state index in [1.807, 2.05) is 0 Å². The first-order valence-corrected chi connectivity index (χ1v) is 12.7. The Kier molecular flexibility index (Phi) is 6.88. The number of piperidine rings is 1. The summed E-state index contributed by atoms with van der Waals surface area (Å²) in [6.45, 7) is 7.76. The highest BCUT2D eigenvalue weighted by molar-refractivity contribution is 9.11. The molecule has 0 aliphatic carbocycles. The highest BCUT2D eigenvalue weighted by Crippen LogP contribution is 2.31. The minimum absolute atomic E-state index is 0.000754. The number of rotatable bonds is 5. The molecule has 1 fully saturated rings. The molecular formula is C21H27BrN2O3S2. The van der Waals surface area contributed by atoms with E-state index in [0.29, 0.717) is 36.7 Å². The number of amides is 1. The van der Waals surface area contributed by atoms with Gasteiger partial charge in [0, 0.05) is 25.6 Å². The Bertz CT molecular complexity index is 955. The van der Waals surface area contributed by atoms with Crippen molar-refractivity contribution < 1.29 is 13.2 Å². The first kappa shape index (κ1) is 22.5. The van der Waals surface area contributed by atoms with E-state index in [0.717, 1.165) is 9.35 Å². The van der Waals surface area contributed by atoms with Crippen molar-refractivity contribution in [2.45, 2.75) is 49.8 Å². The molecule has 1 aliphatic heterocycles. The number of carbonyl (C=O) groups is 1. The summed E-state index contributed by atoms with van der Waals surface area (Å²) in [6, 6.07) is 11.7. The van der Waals surface area contributed by atoms with Crippen LogP contribution in [-0.4, -0.2) is 31.7 Å². The number of nitrogens with zero attached hydrogens (tertiary/aromatic N) is 1. The molecule has 2 heterocycles. The van der Waals surface area contributed by atoms with Gasteiger partial charge in [0.25, 0.3) is 10.0 Å². The average molecular weight is 499 g/mol. The lowest BCUT2D eigenvalue weighted by molar-refractivity contribution is -0.126. The van der Waals surface area contributed by atoms with E-state index in [-0.39, 0.29) is 17.2 Å². The van der Waals surface area contributed by atoms with Crippen LogP contribution in [0.4, 0.5) is 0 Å². The van der Waals surface area contributed by atoms with Gasteiger partial charge in [0.2, 0.25) is 5.91 Å². The minimum atomic E-state index is -3.47. The van der Waals surface area contributed by atoms with Crippen molar-refractivity contribution in [2.24, 2.45) is 5.92 Å². The molecule has 158 valence electrons. The van der Waals surface area contributed by atoms with Crippen LogP contribution in [0, 0.1) is 5.92 Å². The van der Waals surface area contributed by atoms with Crippen molar-refractivity contribution in [3.05, 3.63) is 51.3 Å². The SMILES string of the molecule is CC(C)(C)c1ccc(CNC(=O)C2CCN(S(=O)(=O)c3ccc(Br)s3)CC2)cc1. The normalized spacial score (nSPS) is 16.7. The van der Waals surface area contributed by atoms with Crippen molar-refractivity contribution >= 4 is 43.2 Å². The van der Waals surface area contributed by atoms with Crippen molar-refractivity contribution in [2.75, 3.05) is 13.1 Å². The number of carbonyl (C=O) groups excluding carboxylic acids is 1. The number of thiophene rings is 1. The van der Waals surface area contributed by atoms with Gasteiger partial charge in [-0.25, -0.2) is 8.42 Å². The summed E-state index contributed by atoms with van der Waals surface area (Å²) in [5, 5.41) is 3.00. The maximum absolute atomic E-state index is 12.7. The monoisotopic (exact) mass is 498 g/mol. The third kappa shape index (κ3) is 5.48. The Balaban J connectivity index is 1.51. The standard InChI is InChI=1S/C21H27BrN2O3S2/c1-21(2,3)17-6-4-15(5-7-17)14-23-20(25)16-10-12-24(13-11-16)29(26,27)19-9-8-18(22)28-19/h4-9,16H,10-14H2,1-3H3,(H,23,25). The average Bonchev–Trinajstić information content (AvgIpc) is 3.13. The van der Waals surface area contributed by atoms with Crippen LogP contribution in [0.15, 0.2) is 44.4 Å². The van der Waals surface area contributed by atoms with E-state index < -0.39 is 10.0 Å². The van der Waals surface area contributed by atoms with E-state index in [9.17, 15) is 13.2 Å². The van der Waals surface area contributed by atoms with Crippen molar-refractivity contribution in [1.82, 2.24) is 9.62 Å². The molecule has 8 heteroatoms. The number of nitrogens with one attached hydrogen (secondary N) is 1.